The van der Waals surface area contributed by atoms with Crippen molar-refractivity contribution in [1.82, 2.24) is 0 Å². The maximum atomic E-state index is 9.87. The van der Waals surface area contributed by atoms with Crippen LogP contribution in [0.3, 0.4) is 0 Å². The van der Waals surface area contributed by atoms with Crippen LogP contribution < -0.4 is 0 Å². The van der Waals surface area contributed by atoms with Crippen molar-refractivity contribution in [2.45, 2.75) is 26.2 Å². The molecule has 1 aromatic carbocycles. The van der Waals surface area contributed by atoms with E-state index in [2.05, 4.69) is 66.3 Å². The normalized spacial score (nSPS) is 17.9. The summed E-state index contributed by atoms with van der Waals surface area (Å²) >= 11 is 4.11. The molecule has 0 heterocycles. The third-order valence-electron chi connectivity index (χ3n) is 2.74. The Bertz CT molecular complexity index is 602. The molecule has 0 N–H and O–H groups in total. The van der Waals surface area contributed by atoms with E-state index in [4.69, 9.17) is 0 Å². The molecule has 0 aromatic heterocycles. The Morgan fingerprint density at radius 3 is 1.91 bits per heavy atom. The van der Waals surface area contributed by atoms with Gasteiger partial charge in [-0.05, 0) is 0 Å². The van der Waals surface area contributed by atoms with Crippen molar-refractivity contribution < 1.29 is 41.2 Å². The van der Waals surface area contributed by atoms with E-state index in [0.717, 1.165) is 6.42 Å². The van der Waals surface area contributed by atoms with Gasteiger partial charge in [0, 0.05) is 0 Å². The summed E-state index contributed by atoms with van der Waals surface area (Å²) in [4.78, 5) is 0. The molecule has 127 valence electrons. The Balaban J connectivity index is 0.000000295. The van der Waals surface area contributed by atoms with E-state index in [1.807, 2.05) is 0 Å². The van der Waals surface area contributed by atoms with Crippen LogP contribution >= 0.6 is 7.81 Å². The molecule has 0 saturated carbocycles. The molecule has 2 rings (SSSR count). The zero-order chi connectivity index (χ0) is 17.2. The van der Waals surface area contributed by atoms with Gasteiger partial charge in [-0.15, -0.1) is 0 Å². The van der Waals surface area contributed by atoms with Crippen molar-refractivity contribution >= 4 is 13.4 Å². The first-order valence-electron chi connectivity index (χ1n) is 6.35. The summed E-state index contributed by atoms with van der Waals surface area (Å²) in [6.45, 7) is 4.47. The van der Waals surface area contributed by atoms with Crippen molar-refractivity contribution in [2.24, 2.45) is 0 Å². The van der Waals surface area contributed by atoms with Gasteiger partial charge < -0.3 is 0 Å². The topological polar surface area (TPSA) is 0 Å². The third-order valence-corrected chi connectivity index (χ3v) is 3.26. The second kappa shape index (κ2) is 5.70. The Kier molecular flexibility index (Phi) is 4.99. The molecule has 1 aliphatic rings. The first kappa shape index (κ1) is 19.3. The first-order valence-corrected chi connectivity index (χ1v) is 8.93. The quantitative estimate of drug-likeness (QED) is 0.283. The monoisotopic (exact) mass is 384 g/mol. The van der Waals surface area contributed by atoms with Crippen LogP contribution in [-0.2, 0) is 16.0 Å². The fourth-order valence-corrected chi connectivity index (χ4v) is 2.32. The van der Waals surface area contributed by atoms with Crippen LogP contribution in [0.5, 0.6) is 0 Å². The average Bonchev–Trinajstić information content (AvgIpc) is 2.71. The van der Waals surface area contributed by atoms with Gasteiger partial charge in [-0.1, -0.05) is 0 Å². The number of halogens is 6. The maximum absolute atomic E-state index is 10.7. The molecule has 0 nitrogen and oxygen atoms in total. The van der Waals surface area contributed by atoms with Crippen LogP contribution in [0, 0.1) is 0 Å². The van der Waals surface area contributed by atoms with Crippen LogP contribution in [0.2, 0.25) is 0 Å². The minimum absolute atomic E-state index is 0.565. The molecule has 8 heteroatoms. The van der Waals surface area contributed by atoms with Gasteiger partial charge in [-0.25, -0.2) is 0 Å². The Morgan fingerprint density at radius 1 is 1.00 bits per heavy atom. The molecular formula is C14H15F6FeP-. The molecule has 1 aliphatic carbocycles. The summed E-state index contributed by atoms with van der Waals surface area (Å²) < 4.78 is 60.4. The number of rotatable bonds is 2. The number of benzene rings is 1. The Morgan fingerprint density at radius 2 is 1.50 bits per heavy atom. The van der Waals surface area contributed by atoms with E-state index < -0.39 is 7.81 Å². The van der Waals surface area contributed by atoms with Crippen molar-refractivity contribution in [3.63, 3.8) is 0 Å². The van der Waals surface area contributed by atoms with Crippen LogP contribution in [0.15, 0.2) is 40.9 Å². The molecule has 1 aromatic rings. The zero-order valence-corrected chi connectivity index (χ0v) is 13.8. The van der Waals surface area contributed by atoms with Gasteiger partial charge in [-0.2, -0.15) is 0 Å². The zero-order valence-electron chi connectivity index (χ0n) is 11.8. The predicted octanol–water partition coefficient (Wildman–Crippen LogP) is 7.41. The summed E-state index contributed by atoms with van der Waals surface area (Å²) in [5.41, 5.74) is 4.09. The van der Waals surface area contributed by atoms with E-state index in [-0.39, 0.29) is 0 Å². The fourth-order valence-electron chi connectivity index (χ4n) is 1.95. The second-order valence-electron chi connectivity index (χ2n) is 5.11. The van der Waals surface area contributed by atoms with Gasteiger partial charge in [0.2, 0.25) is 0 Å². The molecular weight excluding hydrogens is 369 g/mol. The number of hydrogen-bond donors (Lipinski definition) is 0. The average molecular weight is 384 g/mol. The molecule has 0 radical (unpaired) electrons. The van der Waals surface area contributed by atoms with E-state index in [1.54, 1.807) is 0 Å². The molecule has 0 atom stereocenters. The van der Waals surface area contributed by atoms with Gasteiger partial charge >= 0.3 is 133 Å². The van der Waals surface area contributed by atoms with Gasteiger partial charge in [-0.3, -0.25) is 0 Å². The predicted molar refractivity (Wildman–Crippen MR) is 74.8 cm³/mol. The first-order chi connectivity index (χ1) is 9.65. The Labute approximate surface area is 133 Å². The molecule has 0 amide bonds. The number of allylic oxidation sites excluding steroid dienone is 4. The van der Waals surface area contributed by atoms with E-state index >= 15 is 0 Å². The van der Waals surface area contributed by atoms with Crippen LogP contribution in [0.1, 0.15) is 37.3 Å². The molecule has 0 unspecified atom stereocenters. The van der Waals surface area contributed by atoms with Gasteiger partial charge in [0.25, 0.3) is 0 Å². The molecule has 0 fully saturated rings. The summed E-state index contributed by atoms with van der Waals surface area (Å²) in [6, 6.07) is 8.63. The number of hydrogen-bond acceptors (Lipinski definition) is 0. The summed E-state index contributed by atoms with van der Waals surface area (Å²) in [5, 5.41) is 0. The summed E-state index contributed by atoms with van der Waals surface area (Å²) in [6.07, 6.45) is 5.39. The molecule has 22 heavy (non-hydrogen) atoms. The second-order valence-corrected chi connectivity index (χ2v) is 7.69. The van der Waals surface area contributed by atoms with E-state index in [1.165, 1.54) is 21.2 Å². The van der Waals surface area contributed by atoms with Crippen LogP contribution in [0.25, 0.3) is 5.57 Å². The van der Waals surface area contributed by atoms with Crippen molar-refractivity contribution in [3.05, 3.63) is 52.0 Å². The summed E-state index contributed by atoms with van der Waals surface area (Å²) in [7, 11) is -10.7. The van der Waals surface area contributed by atoms with E-state index in [9.17, 15) is 25.2 Å². The Hall–Kier alpha value is -0.771. The van der Waals surface area contributed by atoms with Gasteiger partial charge in [0.05, 0.1) is 0 Å². The van der Waals surface area contributed by atoms with Gasteiger partial charge in [0.1, 0.15) is 0 Å². The molecule has 0 aliphatic heterocycles. The van der Waals surface area contributed by atoms with Crippen LogP contribution in [-0.4, -0.2) is 0 Å². The minimum atomic E-state index is -10.7. The standard InChI is InChI=1S/C14H15.F6P.Fe/c1-11(2)13-9-5-6-10-14(13)12-7-3-4-8-12;1-7(2,3,4,5)6;/h3,5-7,9-11H,4H2,1-2H3;;/q;-1;. The summed E-state index contributed by atoms with van der Waals surface area (Å²) in [5.74, 6) is 0.565. The SMILES string of the molecule is CC(C)c1ccccc1C1=[C]([Fe])CC=C1.F[P-](F)(F)(F)(F)F. The fraction of sp³-hybridized carbons (Fsp3) is 0.286. The van der Waals surface area contributed by atoms with E-state index in [0.29, 0.717) is 5.92 Å². The third kappa shape index (κ3) is 8.02. The van der Waals surface area contributed by atoms with Crippen molar-refractivity contribution in [1.29, 1.82) is 0 Å². The molecule has 0 bridgehead atoms. The van der Waals surface area contributed by atoms with Crippen molar-refractivity contribution in [3.8, 4) is 0 Å². The van der Waals surface area contributed by atoms with Crippen molar-refractivity contribution in [2.75, 3.05) is 0 Å². The molecule has 0 spiro atoms. The van der Waals surface area contributed by atoms with Crippen LogP contribution in [0.4, 0.5) is 25.2 Å². The van der Waals surface area contributed by atoms with Gasteiger partial charge in [0.15, 0.2) is 0 Å². The molecule has 0 saturated heterocycles.